The molecule has 0 amide bonds. The molecule has 0 aromatic heterocycles. The maximum absolute atomic E-state index is 12.1. The number of rotatable bonds is 9. The Balaban J connectivity index is 1.29. The smallest absolute Gasteiger partial charge is 0.186 e. The van der Waals surface area contributed by atoms with Crippen LogP contribution in [0.5, 0.6) is 0 Å². The lowest BCUT2D eigenvalue weighted by Crippen LogP contribution is -2.63. The van der Waals surface area contributed by atoms with Crippen LogP contribution in [0.1, 0.15) is 113 Å². The molecule has 3 aliphatic carbocycles. The number of ether oxygens (including phenoxy) is 3. The predicted octanol–water partition coefficient (Wildman–Crippen LogP) is 2.01. The minimum Gasteiger partial charge on any atom is -0.394 e. The summed E-state index contributed by atoms with van der Waals surface area (Å²) in [4.78, 5) is 0. The molecule has 2 heterocycles. The first-order valence-corrected chi connectivity index (χ1v) is 18.0. The highest BCUT2D eigenvalue weighted by molar-refractivity contribution is 5.17. The third-order valence-corrected chi connectivity index (χ3v) is 14.2. The molecule has 3 saturated carbocycles. The summed E-state index contributed by atoms with van der Waals surface area (Å²) >= 11 is 0. The van der Waals surface area contributed by atoms with Crippen LogP contribution >= 0.6 is 0 Å². The van der Waals surface area contributed by atoms with Gasteiger partial charge in [0.05, 0.1) is 47.8 Å². The van der Waals surface area contributed by atoms with Gasteiger partial charge in [-0.2, -0.15) is 0 Å². The second kappa shape index (κ2) is 12.7. The van der Waals surface area contributed by atoms with Gasteiger partial charge in [-0.05, 0) is 114 Å². The van der Waals surface area contributed by atoms with E-state index in [1.165, 1.54) is 0 Å². The molecule has 5 aliphatic rings. The molecular formula is C36H64O11. The Hall–Kier alpha value is -0.440. The van der Waals surface area contributed by atoms with E-state index in [0.29, 0.717) is 38.5 Å². The van der Waals surface area contributed by atoms with Crippen LogP contribution in [-0.4, -0.2) is 119 Å². The van der Waals surface area contributed by atoms with E-state index in [1.54, 1.807) is 13.8 Å². The molecule has 0 aromatic carbocycles. The van der Waals surface area contributed by atoms with Gasteiger partial charge in [-0.25, -0.2) is 0 Å². The molecule has 11 nitrogen and oxygen atoms in total. The van der Waals surface area contributed by atoms with E-state index >= 15 is 0 Å². The van der Waals surface area contributed by atoms with Gasteiger partial charge < -0.3 is 55.1 Å². The first-order valence-electron chi connectivity index (χ1n) is 18.0. The average Bonchev–Trinajstić information content (AvgIpc) is 3.52. The Morgan fingerprint density at radius 3 is 2.06 bits per heavy atom. The predicted molar refractivity (Wildman–Crippen MR) is 173 cm³/mol. The van der Waals surface area contributed by atoms with Crippen LogP contribution in [-0.2, 0) is 14.2 Å². The molecule has 11 heteroatoms. The van der Waals surface area contributed by atoms with Gasteiger partial charge in [0, 0.05) is 5.92 Å². The molecule has 5 rings (SSSR count). The van der Waals surface area contributed by atoms with Crippen LogP contribution in [0.2, 0.25) is 0 Å². The van der Waals surface area contributed by atoms with Gasteiger partial charge in [0.2, 0.25) is 0 Å². The molecule has 0 aromatic rings. The van der Waals surface area contributed by atoms with Gasteiger partial charge >= 0.3 is 0 Å². The molecule has 16 atom stereocenters. The average molecular weight is 673 g/mol. The van der Waals surface area contributed by atoms with Gasteiger partial charge in [-0.3, -0.25) is 0 Å². The molecule has 0 radical (unpaired) electrons. The number of hydrogen-bond donors (Lipinski definition) is 8. The minimum atomic E-state index is -1.50. The van der Waals surface area contributed by atoms with Crippen molar-refractivity contribution in [2.45, 2.75) is 185 Å². The summed E-state index contributed by atoms with van der Waals surface area (Å²) in [5.41, 5.74) is -3.89. The van der Waals surface area contributed by atoms with Crippen molar-refractivity contribution in [3.63, 3.8) is 0 Å². The lowest BCUT2D eigenvalue weighted by molar-refractivity contribution is -0.329. The van der Waals surface area contributed by atoms with E-state index in [1.807, 2.05) is 13.8 Å². The molecule has 2 aliphatic heterocycles. The fourth-order valence-electron chi connectivity index (χ4n) is 11.5. The standard InChI is InChI=1S/C36H64O11/c1-31(2)21-9-13-34(6)22(33(21,5)14-11-24(31)46-30-28(42)27(41)26(40)20(18-37)45-30)17-19(38)29(34)35(7,44)15-10-23(39)36(8)16-12-25(47-36)32(3,4)43/h19-30,37-44H,9-18H2,1-8H3. The SMILES string of the molecule is CC(C)(O)C1CCC(C)(C(O)CCC(C)(O)C2C(O)CC3C2(C)CCC2C(C)(C)C(OC4OC(CO)C(O)C(O)C4O)CCC23C)O1. The number of aliphatic hydroxyl groups excluding tert-OH is 6. The van der Waals surface area contributed by atoms with Crippen molar-refractivity contribution >= 4 is 0 Å². The van der Waals surface area contributed by atoms with Crippen molar-refractivity contribution in [2.24, 2.45) is 34.0 Å². The molecule has 16 unspecified atom stereocenters. The second-order valence-electron chi connectivity index (χ2n) is 18.1. The highest BCUT2D eigenvalue weighted by atomic mass is 16.7. The van der Waals surface area contributed by atoms with E-state index in [-0.39, 0.29) is 46.2 Å². The maximum Gasteiger partial charge on any atom is 0.186 e. The fraction of sp³-hybridized carbons (Fsp3) is 1.00. The van der Waals surface area contributed by atoms with Crippen molar-refractivity contribution in [1.29, 1.82) is 0 Å². The zero-order chi connectivity index (χ0) is 35.1. The van der Waals surface area contributed by atoms with Crippen molar-refractivity contribution < 1.29 is 55.1 Å². The number of fused-ring (bicyclic) bond motifs is 3. The first-order chi connectivity index (χ1) is 21.5. The Bertz CT molecular complexity index is 1110. The van der Waals surface area contributed by atoms with E-state index in [4.69, 9.17) is 14.2 Å². The lowest BCUT2D eigenvalue weighted by Gasteiger charge is -2.64. The summed E-state index contributed by atoms with van der Waals surface area (Å²) in [5, 5.41) is 86.4. The van der Waals surface area contributed by atoms with Crippen molar-refractivity contribution in [1.82, 2.24) is 0 Å². The van der Waals surface area contributed by atoms with Crippen molar-refractivity contribution in [2.75, 3.05) is 6.61 Å². The first kappa shape index (κ1) is 37.8. The highest BCUT2D eigenvalue weighted by Gasteiger charge is 2.68. The summed E-state index contributed by atoms with van der Waals surface area (Å²) < 4.78 is 18.3. The van der Waals surface area contributed by atoms with Crippen LogP contribution in [0.3, 0.4) is 0 Å². The third kappa shape index (κ3) is 6.36. The molecule has 8 N–H and O–H groups in total. The van der Waals surface area contributed by atoms with Crippen LogP contribution in [0.25, 0.3) is 0 Å². The van der Waals surface area contributed by atoms with Gasteiger partial charge in [0.25, 0.3) is 0 Å². The van der Waals surface area contributed by atoms with Gasteiger partial charge in [0.15, 0.2) is 6.29 Å². The third-order valence-electron chi connectivity index (χ3n) is 14.2. The molecule has 47 heavy (non-hydrogen) atoms. The van der Waals surface area contributed by atoms with E-state index < -0.39 is 66.3 Å². The van der Waals surface area contributed by atoms with Crippen molar-refractivity contribution in [3.8, 4) is 0 Å². The number of hydrogen-bond acceptors (Lipinski definition) is 11. The normalized spacial score (nSPS) is 50.4. The Morgan fingerprint density at radius 2 is 1.47 bits per heavy atom. The quantitative estimate of drug-likeness (QED) is 0.167. The van der Waals surface area contributed by atoms with E-state index in [9.17, 15) is 40.9 Å². The van der Waals surface area contributed by atoms with Gasteiger partial charge in [0.1, 0.15) is 24.4 Å². The Morgan fingerprint density at radius 1 is 0.830 bits per heavy atom. The van der Waals surface area contributed by atoms with E-state index in [2.05, 4.69) is 27.7 Å². The lowest BCUT2D eigenvalue weighted by atomic mass is 9.42. The maximum atomic E-state index is 12.1. The van der Waals surface area contributed by atoms with Crippen LogP contribution in [0.15, 0.2) is 0 Å². The summed E-state index contributed by atoms with van der Waals surface area (Å²) in [6.45, 7) is 15.5. The molecular weight excluding hydrogens is 608 g/mol. The molecule has 2 saturated heterocycles. The van der Waals surface area contributed by atoms with Crippen LogP contribution in [0.4, 0.5) is 0 Å². The van der Waals surface area contributed by atoms with E-state index in [0.717, 1.165) is 19.3 Å². The second-order valence-corrected chi connectivity index (χ2v) is 18.1. The van der Waals surface area contributed by atoms with Crippen molar-refractivity contribution in [3.05, 3.63) is 0 Å². The molecule has 0 bridgehead atoms. The van der Waals surface area contributed by atoms with Crippen LogP contribution < -0.4 is 0 Å². The van der Waals surface area contributed by atoms with Gasteiger partial charge in [-0.15, -0.1) is 0 Å². The summed E-state index contributed by atoms with van der Waals surface area (Å²) in [5.74, 6) is -0.0314. The summed E-state index contributed by atoms with van der Waals surface area (Å²) in [7, 11) is 0. The summed E-state index contributed by atoms with van der Waals surface area (Å²) in [6.07, 6.45) is -3.20. The topological polar surface area (TPSA) is 190 Å². The Labute approximate surface area is 280 Å². The molecule has 274 valence electrons. The molecule has 0 spiro atoms. The highest BCUT2D eigenvalue weighted by Crippen LogP contribution is 2.71. The largest absolute Gasteiger partial charge is 0.394 e. The number of aliphatic hydroxyl groups is 8. The minimum absolute atomic E-state index is 0.140. The fourth-order valence-corrected chi connectivity index (χ4v) is 11.5. The monoisotopic (exact) mass is 672 g/mol. The summed E-state index contributed by atoms with van der Waals surface area (Å²) in [6, 6.07) is 0. The zero-order valence-electron chi connectivity index (χ0n) is 29.8. The van der Waals surface area contributed by atoms with Gasteiger partial charge in [-0.1, -0.05) is 27.7 Å². The zero-order valence-corrected chi connectivity index (χ0v) is 29.8. The molecule has 5 fully saturated rings. The van der Waals surface area contributed by atoms with Crippen LogP contribution in [0, 0.1) is 34.0 Å². The Kier molecular flexibility index (Phi) is 10.2.